The van der Waals surface area contributed by atoms with Crippen molar-refractivity contribution >= 4 is 17.3 Å². The van der Waals surface area contributed by atoms with Crippen LogP contribution in [0.25, 0.3) is 11.0 Å². The summed E-state index contributed by atoms with van der Waals surface area (Å²) < 4.78 is 1.85. The number of fused-ring (bicyclic) bond motifs is 1. The third-order valence-corrected chi connectivity index (χ3v) is 2.34. The summed E-state index contributed by atoms with van der Waals surface area (Å²) in [6.07, 6.45) is 2.48. The van der Waals surface area contributed by atoms with Gasteiger partial charge in [0.15, 0.2) is 0 Å². The van der Waals surface area contributed by atoms with E-state index < -0.39 is 5.60 Å². The minimum absolute atomic E-state index is 0.450. The van der Waals surface area contributed by atoms with E-state index >= 15 is 0 Å². The fraction of sp³-hybridized carbons (Fsp3) is 0.333. The number of hydrogen-bond acceptors (Lipinski definition) is 3. The number of aliphatic hydroxyl groups is 1. The molecule has 4 nitrogen and oxygen atoms in total. The van der Waals surface area contributed by atoms with Crippen LogP contribution < -0.4 is 0 Å². The van der Waals surface area contributed by atoms with Gasteiger partial charge in [-0.15, -0.1) is 0 Å². The quantitative estimate of drug-likeness (QED) is 0.796. The van der Waals surface area contributed by atoms with E-state index in [1.807, 2.05) is 4.57 Å². The number of hydrogen-bond donors (Lipinski definition) is 1. The summed E-state index contributed by atoms with van der Waals surface area (Å²) in [5, 5.41) is 9.76. The van der Waals surface area contributed by atoms with Crippen molar-refractivity contribution in [2.75, 3.05) is 0 Å². The van der Waals surface area contributed by atoms with Gasteiger partial charge >= 0.3 is 0 Å². The second-order valence-electron chi connectivity index (χ2n) is 4.55. The molecule has 0 fully saturated rings. The lowest BCUT2D eigenvalue weighted by Crippen LogP contribution is -2.25. The molecule has 0 radical (unpaired) electrons. The van der Waals surface area contributed by atoms with Crippen molar-refractivity contribution in [3.05, 3.63) is 30.1 Å². The SMILES string of the molecule is CC(C)(O)Cn1cnc2ccc(C=O)cc21. The summed E-state index contributed by atoms with van der Waals surface area (Å²) in [7, 11) is 0. The number of benzene rings is 1. The molecule has 0 unspecified atom stereocenters. The molecule has 2 rings (SSSR count). The third-order valence-electron chi connectivity index (χ3n) is 2.34. The maximum Gasteiger partial charge on any atom is 0.150 e. The molecule has 1 aromatic heterocycles. The van der Waals surface area contributed by atoms with Crippen molar-refractivity contribution in [3.8, 4) is 0 Å². The Kier molecular flexibility index (Phi) is 2.52. The van der Waals surface area contributed by atoms with E-state index in [2.05, 4.69) is 4.98 Å². The van der Waals surface area contributed by atoms with Crippen LogP contribution in [-0.4, -0.2) is 26.5 Å². The van der Waals surface area contributed by atoms with Gasteiger partial charge in [0.1, 0.15) is 6.29 Å². The van der Waals surface area contributed by atoms with E-state index in [9.17, 15) is 9.90 Å². The highest BCUT2D eigenvalue weighted by atomic mass is 16.3. The lowest BCUT2D eigenvalue weighted by Gasteiger charge is -2.18. The molecule has 84 valence electrons. The van der Waals surface area contributed by atoms with Crippen LogP contribution in [-0.2, 0) is 6.54 Å². The number of carbonyl (C=O) groups is 1. The molecule has 1 N–H and O–H groups in total. The van der Waals surface area contributed by atoms with Gasteiger partial charge in [0.05, 0.1) is 29.5 Å². The Morgan fingerprint density at radius 3 is 2.88 bits per heavy atom. The molecule has 0 spiro atoms. The van der Waals surface area contributed by atoms with Crippen LogP contribution in [0, 0.1) is 0 Å². The van der Waals surface area contributed by atoms with Gasteiger partial charge in [-0.05, 0) is 32.0 Å². The average molecular weight is 218 g/mol. The van der Waals surface area contributed by atoms with Gasteiger partial charge in [0, 0.05) is 5.56 Å². The molecule has 0 bridgehead atoms. The Hall–Kier alpha value is -1.68. The predicted octanol–water partition coefficient (Wildman–Crippen LogP) is 1.62. The minimum atomic E-state index is -0.801. The summed E-state index contributed by atoms with van der Waals surface area (Å²) in [5.74, 6) is 0. The second-order valence-corrected chi connectivity index (χ2v) is 4.55. The van der Waals surface area contributed by atoms with Gasteiger partial charge in [0.2, 0.25) is 0 Å². The summed E-state index contributed by atoms with van der Waals surface area (Å²) in [6.45, 7) is 3.93. The Bertz CT molecular complexity index is 523. The predicted molar refractivity (Wildman–Crippen MR) is 61.4 cm³/mol. The summed E-state index contributed by atoms with van der Waals surface area (Å²) in [6, 6.07) is 5.32. The van der Waals surface area contributed by atoms with Crippen LogP contribution in [0.3, 0.4) is 0 Å². The Balaban J connectivity index is 2.50. The standard InChI is InChI=1S/C12H14N2O2/c1-12(2,16)7-14-8-13-10-4-3-9(6-15)5-11(10)14/h3-6,8,16H,7H2,1-2H3. The summed E-state index contributed by atoms with van der Waals surface area (Å²) >= 11 is 0. The highest BCUT2D eigenvalue weighted by Crippen LogP contribution is 2.16. The largest absolute Gasteiger partial charge is 0.389 e. The van der Waals surface area contributed by atoms with Gasteiger partial charge in [-0.3, -0.25) is 4.79 Å². The molecule has 0 amide bonds. The van der Waals surface area contributed by atoms with Crippen LogP contribution >= 0.6 is 0 Å². The van der Waals surface area contributed by atoms with E-state index in [0.29, 0.717) is 12.1 Å². The van der Waals surface area contributed by atoms with E-state index in [1.165, 1.54) is 0 Å². The topological polar surface area (TPSA) is 55.1 Å². The van der Waals surface area contributed by atoms with Gasteiger partial charge in [-0.1, -0.05) is 0 Å². The zero-order valence-corrected chi connectivity index (χ0v) is 9.34. The van der Waals surface area contributed by atoms with Gasteiger partial charge in [-0.2, -0.15) is 0 Å². The molecule has 0 saturated carbocycles. The monoisotopic (exact) mass is 218 g/mol. The van der Waals surface area contributed by atoms with E-state index in [-0.39, 0.29) is 0 Å². The maximum absolute atomic E-state index is 10.7. The molecular formula is C12H14N2O2. The fourth-order valence-electron chi connectivity index (χ4n) is 1.69. The number of carbonyl (C=O) groups excluding carboxylic acids is 1. The number of nitrogens with zero attached hydrogens (tertiary/aromatic N) is 2. The van der Waals surface area contributed by atoms with Crippen molar-refractivity contribution in [2.24, 2.45) is 0 Å². The first-order valence-electron chi connectivity index (χ1n) is 5.12. The molecule has 0 aliphatic rings. The highest BCUT2D eigenvalue weighted by molar-refractivity contribution is 5.84. The Morgan fingerprint density at radius 1 is 1.50 bits per heavy atom. The molecule has 4 heteroatoms. The first-order chi connectivity index (χ1) is 7.49. The van der Waals surface area contributed by atoms with Gasteiger partial charge in [0.25, 0.3) is 0 Å². The average Bonchev–Trinajstić information content (AvgIpc) is 2.58. The molecular weight excluding hydrogens is 204 g/mol. The van der Waals surface area contributed by atoms with Crippen LogP contribution in [0.15, 0.2) is 24.5 Å². The molecule has 16 heavy (non-hydrogen) atoms. The van der Waals surface area contributed by atoms with E-state index in [0.717, 1.165) is 17.3 Å². The third kappa shape index (κ3) is 2.12. The molecule has 2 aromatic rings. The zero-order valence-electron chi connectivity index (χ0n) is 9.34. The van der Waals surface area contributed by atoms with Crippen molar-refractivity contribution in [2.45, 2.75) is 26.0 Å². The van der Waals surface area contributed by atoms with Crippen LogP contribution in [0.1, 0.15) is 24.2 Å². The number of aromatic nitrogens is 2. The lowest BCUT2D eigenvalue weighted by molar-refractivity contribution is 0.0626. The van der Waals surface area contributed by atoms with Crippen LogP contribution in [0.4, 0.5) is 0 Å². The van der Waals surface area contributed by atoms with Crippen molar-refractivity contribution in [1.29, 1.82) is 0 Å². The molecule has 0 saturated heterocycles. The molecule has 0 aliphatic carbocycles. The highest BCUT2D eigenvalue weighted by Gasteiger charge is 2.15. The lowest BCUT2D eigenvalue weighted by atomic mass is 10.1. The summed E-state index contributed by atoms with van der Waals surface area (Å²) in [4.78, 5) is 14.9. The molecule has 0 aliphatic heterocycles. The number of imidazole rings is 1. The van der Waals surface area contributed by atoms with Crippen LogP contribution in [0.5, 0.6) is 0 Å². The minimum Gasteiger partial charge on any atom is -0.389 e. The second kappa shape index (κ2) is 3.72. The van der Waals surface area contributed by atoms with Gasteiger partial charge < -0.3 is 9.67 Å². The number of rotatable bonds is 3. The van der Waals surface area contributed by atoms with Crippen LogP contribution in [0.2, 0.25) is 0 Å². The Morgan fingerprint density at radius 2 is 2.25 bits per heavy atom. The normalized spacial score (nSPS) is 11.9. The molecule has 0 atom stereocenters. The van der Waals surface area contributed by atoms with Crippen molar-refractivity contribution < 1.29 is 9.90 Å². The first-order valence-corrected chi connectivity index (χ1v) is 5.12. The maximum atomic E-state index is 10.7. The van der Waals surface area contributed by atoms with E-state index in [1.54, 1.807) is 38.4 Å². The smallest absolute Gasteiger partial charge is 0.150 e. The molecule has 1 aromatic carbocycles. The first kappa shape index (κ1) is 10.8. The zero-order chi connectivity index (χ0) is 11.8. The van der Waals surface area contributed by atoms with Gasteiger partial charge in [-0.25, -0.2) is 4.98 Å². The number of aldehydes is 1. The Labute approximate surface area is 93.5 Å². The van der Waals surface area contributed by atoms with Crippen molar-refractivity contribution in [1.82, 2.24) is 9.55 Å². The van der Waals surface area contributed by atoms with E-state index in [4.69, 9.17) is 0 Å². The molecule has 1 heterocycles. The fourth-order valence-corrected chi connectivity index (χ4v) is 1.69. The van der Waals surface area contributed by atoms with Crippen molar-refractivity contribution in [3.63, 3.8) is 0 Å². The summed E-state index contributed by atoms with van der Waals surface area (Å²) in [5.41, 5.74) is 1.51.